The molecule has 0 unspecified atom stereocenters. The number of hydrogen-bond donors (Lipinski definition) is 2. The van der Waals surface area contributed by atoms with Crippen LogP contribution in [0.5, 0.6) is 0 Å². The van der Waals surface area contributed by atoms with Gasteiger partial charge in [-0.1, -0.05) is 12.1 Å². The third-order valence-electron chi connectivity index (χ3n) is 3.84. The van der Waals surface area contributed by atoms with Crippen LogP contribution in [0.25, 0.3) is 0 Å². The van der Waals surface area contributed by atoms with Crippen molar-refractivity contribution in [1.29, 1.82) is 0 Å². The van der Waals surface area contributed by atoms with Crippen molar-refractivity contribution in [2.75, 3.05) is 43.6 Å². The Morgan fingerprint density at radius 3 is 2.56 bits per heavy atom. The average Bonchev–Trinajstić information content (AvgIpc) is 3.14. The lowest BCUT2D eigenvalue weighted by atomic mass is 10.2. The number of carbonyl (C=O) groups is 1. The molecule has 1 aromatic heterocycles. The van der Waals surface area contributed by atoms with Crippen molar-refractivity contribution >= 4 is 27.3 Å². The second-order valence-electron chi connectivity index (χ2n) is 5.40. The van der Waals surface area contributed by atoms with Gasteiger partial charge in [-0.05, 0) is 31.3 Å². The summed E-state index contributed by atoms with van der Waals surface area (Å²) in [5.41, 5.74) is 1.51. The Morgan fingerprint density at radius 1 is 1.12 bits per heavy atom. The molecule has 2 N–H and O–H groups in total. The van der Waals surface area contributed by atoms with Crippen molar-refractivity contribution in [1.82, 2.24) is 4.72 Å². The minimum Gasteiger partial charge on any atom is -0.438 e. The van der Waals surface area contributed by atoms with E-state index < -0.39 is 15.9 Å². The second-order valence-corrected chi connectivity index (χ2v) is 7.21. The molecule has 1 amide bonds. The highest BCUT2D eigenvalue weighted by Gasteiger charge is 2.21. The molecular formula is C16H19N3O5S. The molecule has 3 rings (SSSR count). The monoisotopic (exact) mass is 365 g/mol. The van der Waals surface area contributed by atoms with E-state index in [1.54, 1.807) is 6.07 Å². The number of rotatable bonds is 5. The Labute approximate surface area is 145 Å². The summed E-state index contributed by atoms with van der Waals surface area (Å²) < 4.78 is 36.1. The van der Waals surface area contributed by atoms with Gasteiger partial charge in [0, 0.05) is 13.1 Å². The fourth-order valence-electron chi connectivity index (χ4n) is 2.53. The van der Waals surface area contributed by atoms with E-state index in [1.165, 1.54) is 19.2 Å². The van der Waals surface area contributed by atoms with Gasteiger partial charge in [0.2, 0.25) is 5.09 Å². The van der Waals surface area contributed by atoms with Crippen LogP contribution in [0.3, 0.4) is 0 Å². The summed E-state index contributed by atoms with van der Waals surface area (Å²) in [5, 5.41) is 2.47. The summed E-state index contributed by atoms with van der Waals surface area (Å²) in [6.45, 7) is 2.73. The lowest BCUT2D eigenvalue weighted by Gasteiger charge is -2.30. The minimum absolute atomic E-state index is 0.0781. The molecular weight excluding hydrogens is 346 g/mol. The van der Waals surface area contributed by atoms with E-state index in [2.05, 4.69) is 14.9 Å². The van der Waals surface area contributed by atoms with Crippen molar-refractivity contribution in [3.8, 4) is 0 Å². The molecule has 9 heteroatoms. The van der Waals surface area contributed by atoms with Gasteiger partial charge < -0.3 is 19.4 Å². The van der Waals surface area contributed by atoms with E-state index in [-0.39, 0.29) is 10.9 Å². The van der Waals surface area contributed by atoms with E-state index in [9.17, 15) is 13.2 Å². The molecule has 1 aliphatic rings. The zero-order chi connectivity index (χ0) is 17.9. The standard InChI is InChI=1S/C16H19N3O5S/c1-17-25(21,22)15-7-6-14(24-15)16(20)18-12-4-2-3-5-13(12)19-8-10-23-11-9-19/h2-7,17H,8-11H2,1H3,(H,18,20). The molecule has 0 saturated carbocycles. The lowest BCUT2D eigenvalue weighted by molar-refractivity contribution is 0.0991. The predicted molar refractivity (Wildman–Crippen MR) is 92.4 cm³/mol. The first-order chi connectivity index (χ1) is 12.0. The number of ether oxygens (including phenoxy) is 1. The van der Waals surface area contributed by atoms with E-state index in [0.29, 0.717) is 18.9 Å². The van der Waals surface area contributed by atoms with Gasteiger partial charge in [0.25, 0.3) is 15.9 Å². The van der Waals surface area contributed by atoms with Crippen molar-refractivity contribution < 1.29 is 22.4 Å². The Hall–Kier alpha value is -2.36. The van der Waals surface area contributed by atoms with Crippen molar-refractivity contribution in [2.24, 2.45) is 0 Å². The SMILES string of the molecule is CNS(=O)(=O)c1ccc(C(=O)Nc2ccccc2N2CCOCC2)o1. The molecule has 0 aliphatic carbocycles. The summed E-state index contributed by atoms with van der Waals surface area (Å²) >= 11 is 0. The van der Waals surface area contributed by atoms with Gasteiger partial charge in [-0.25, -0.2) is 13.1 Å². The smallest absolute Gasteiger partial charge is 0.291 e. The largest absolute Gasteiger partial charge is 0.438 e. The molecule has 1 saturated heterocycles. The first-order valence-corrected chi connectivity index (χ1v) is 9.26. The van der Waals surface area contributed by atoms with Crippen LogP contribution in [-0.2, 0) is 14.8 Å². The molecule has 1 fully saturated rings. The molecule has 0 bridgehead atoms. The zero-order valence-electron chi connectivity index (χ0n) is 13.7. The molecule has 0 spiro atoms. The summed E-state index contributed by atoms with van der Waals surface area (Å²) in [6.07, 6.45) is 0. The highest BCUT2D eigenvalue weighted by Crippen LogP contribution is 2.27. The Morgan fingerprint density at radius 2 is 1.84 bits per heavy atom. The quantitative estimate of drug-likeness (QED) is 0.828. The van der Waals surface area contributed by atoms with Crippen LogP contribution in [0, 0.1) is 0 Å². The van der Waals surface area contributed by atoms with E-state index >= 15 is 0 Å². The maximum absolute atomic E-state index is 12.4. The van der Waals surface area contributed by atoms with Crippen LogP contribution in [0.2, 0.25) is 0 Å². The van der Waals surface area contributed by atoms with Crippen LogP contribution in [0.1, 0.15) is 10.6 Å². The number of hydrogen-bond acceptors (Lipinski definition) is 6. The number of furan rings is 1. The number of carbonyl (C=O) groups excluding carboxylic acids is 1. The number of morpholine rings is 1. The summed E-state index contributed by atoms with van der Waals surface area (Å²) in [4.78, 5) is 14.5. The van der Waals surface area contributed by atoms with Gasteiger partial charge in [0.15, 0.2) is 5.76 Å². The maximum atomic E-state index is 12.4. The number of sulfonamides is 1. The van der Waals surface area contributed by atoms with Gasteiger partial charge in [0.1, 0.15) is 0 Å². The van der Waals surface area contributed by atoms with Crippen LogP contribution in [0.4, 0.5) is 11.4 Å². The molecule has 25 heavy (non-hydrogen) atoms. The summed E-state index contributed by atoms with van der Waals surface area (Å²) in [5.74, 6) is -0.594. The number of nitrogens with zero attached hydrogens (tertiary/aromatic N) is 1. The topological polar surface area (TPSA) is 101 Å². The molecule has 2 heterocycles. The van der Waals surface area contributed by atoms with Crippen molar-refractivity contribution in [3.63, 3.8) is 0 Å². The third-order valence-corrected chi connectivity index (χ3v) is 5.13. The van der Waals surface area contributed by atoms with Crippen LogP contribution in [-0.4, -0.2) is 47.7 Å². The number of amides is 1. The first kappa shape index (κ1) is 17.5. The number of benzene rings is 1. The highest BCUT2D eigenvalue weighted by molar-refractivity contribution is 7.89. The van der Waals surface area contributed by atoms with Crippen LogP contribution >= 0.6 is 0 Å². The van der Waals surface area contributed by atoms with E-state index in [4.69, 9.17) is 9.15 Å². The Bertz CT molecular complexity index is 856. The van der Waals surface area contributed by atoms with Gasteiger partial charge in [-0.2, -0.15) is 0 Å². The lowest BCUT2D eigenvalue weighted by Crippen LogP contribution is -2.36. The first-order valence-electron chi connectivity index (χ1n) is 7.78. The fraction of sp³-hybridized carbons (Fsp3) is 0.312. The number of para-hydroxylation sites is 2. The number of nitrogens with one attached hydrogen (secondary N) is 2. The third kappa shape index (κ3) is 3.84. The Balaban J connectivity index is 1.80. The highest BCUT2D eigenvalue weighted by atomic mass is 32.2. The van der Waals surface area contributed by atoms with Gasteiger partial charge >= 0.3 is 0 Å². The van der Waals surface area contributed by atoms with Crippen molar-refractivity contribution in [2.45, 2.75) is 5.09 Å². The molecule has 1 aliphatic heterocycles. The van der Waals surface area contributed by atoms with Gasteiger partial charge in [0.05, 0.1) is 24.6 Å². The summed E-state index contributed by atoms with van der Waals surface area (Å²) in [7, 11) is -2.45. The van der Waals surface area contributed by atoms with Crippen LogP contribution in [0.15, 0.2) is 45.9 Å². The van der Waals surface area contributed by atoms with Gasteiger partial charge in [-0.3, -0.25) is 4.79 Å². The zero-order valence-corrected chi connectivity index (χ0v) is 14.5. The molecule has 0 atom stereocenters. The minimum atomic E-state index is -3.73. The Kier molecular flexibility index (Phi) is 5.07. The molecule has 2 aromatic rings. The normalized spacial score (nSPS) is 15.2. The predicted octanol–water partition coefficient (Wildman–Crippen LogP) is 1.28. The van der Waals surface area contributed by atoms with E-state index in [1.807, 2.05) is 18.2 Å². The molecule has 0 radical (unpaired) electrons. The van der Waals surface area contributed by atoms with Gasteiger partial charge in [-0.15, -0.1) is 0 Å². The average molecular weight is 365 g/mol. The van der Waals surface area contributed by atoms with Crippen LogP contribution < -0.4 is 14.9 Å². The second kappa shape index (κ2) is 7.26. The number of anilines is 2. The molecule has 1 aromatic carbocycles. The molecule has 134 valence electrons. The maximum Gasteiger partial charge on any atom is 0.291 e. The molecule has 8 nitrogen and oxygen atoms in total. The summed E-state index contributed by atoms with van der Waals surface area (Å²) in [6, 6.07) is 9.99. The fourth-order valence-corrected chi connectivity index (χ4v) is 3.18. The van der Waals surface area contributed by atoms with Crippen molar-refractivity contribution in [3.05, 3.63) is 42.2 Å². The van der Waals surface area contributed by atoms with E-state index in [0.717, 1.165) is 18.8 Å².